The van der Waals surface area contributed by atoms with Crippen LogP contribution in [0.15, 0.2) is 0 Å². The molecule has 12 heavy (non-hydrogen) atoms. The van der Waals surface area contributed by atoms with Crippen molar-refractivity contribution in [1.82, 2.24) is 10.6 Å². The Hall–Kier alpha value is 0.130. The van der Waals surface area contributed by atoms with E-state index in [1.54, 1.807) is 0 Å². The van der Waals surface area contributed by atoms with Crippen molar-refractivity contribution in [2.24, 2.45) is 0 Å². The molecule has 0 rings (SSSR count). The molecule has 0 aliphatic heterocycles. The Balaban J connectivity index is 3.31. The molecule has 0 bridgehead atoms. The second-order valence-electron chi connectivity index (χ2n) is 2.54. The van der Waals surface area contributed by atoms with Gasteiger partial charge in [0.15, 0.2) is 0 Å². The Morgan fingerprint density at radius 2 is 2.17 bits per heavy atom. The van der Waals surface area contributed by atoms with E-state index in [2.05, 4.69) is 35.9 Å². The van der Waals surface area contributed by atoms with E-state index < -0.39 is 0 Å². The van der Waals surface area contributed by atoms with E-state index in [1.165, 1.54) is 0 Å². The number of rotatable bonds is 6. The SMILES string of the molecule is CC(CS)NCC(=O)NCCS. The van der Waals surface area contributed by atoms with Gasteiger partial charge in [0.2, 0.25) is 5.91 Å². The normalized spacial score (nSPS) is 12.6. The molecular formula is C7H16N2OS2. The average Bonchev–Trinajstić information content (AvgIpc) is 2.10. The van der Waals surface area contributed by atoms with Crippen molar-refractivity contribution in [3.8, 4) is 0 Å². The van der Waals surface area contributed by atoms with E-state index in [1.807, 2.05) is 6.92 Å². The summed E-state index contributed by atoms with van der Waals surface area (Å²) in [7, 11) is 0. The van der Waals surface area contributed by atoms with Crippen molar-refractivity contribution >= 4 is 31.2 Å². The van der Waals surface area contributed by atoms with Gasteiger partial charge in [-0.25, -0.2) is 0 Å². The highest BCUT2D eigenvalue weighted by Crippen LogP contribution is 1.83. The van der Waals surface area contributed by atoms with E-state index in [-0.39, 0.29) is 11.9 Å². The van der Waals surface area contributed by atoms with Crippen LogP contribution in [0.2, 0.25) is 0 Å². The molecule has 0 aromatic heterocycles. The summed E-state index contributed by atoms with van der Waals surface area (Å²) in [5.41, 5.74) is 0. The lowest BCUT2D eigenvalue weighted by molar-refractivity contribution is -0.120. The van der Waals surface area contributed by atoms with E-state index in [4.69, 9.17) is 0 Å². The fourth-order valence-corrected chi connectivity index (χ4v) is 0.830. The van der Waals surface area contributed by atoms with Gasteiger partial charge in [-0.05, 0) is 6.92 Å². The van der Waals surface area contributed by atoms with Crippen molar-refractivity contribution in [2.75, 3.05) is 24.6 Å². The predicted octanol–water partition coefficient (Wildman–Crippen LogP) is -0.0597. The summed E-state index contributed by atoms with van der Waals surface area (Å²) < 4.78 is 0. The molecule has 1 atom stereocenters. The van der Waals surface area contributed by atoms with Gasteiger partial charge in [0, 0.05) is 24.1 Å². The quantitative estimate of drug-likeness (QED) is 0.462. The standard InChI is InChI=1S/C7H16N2OS2/c1-6(5-12)9-4-7(10)8-2-3-11/h6,9,11-12H,2-5H2,1H3,(H,8,10). The maximum Gasteiger partial charge on any atom is 0.233 e. The zero-order valence-electron chi connectivity index (χ0n) is 7.21. The monoisotopic (exact) mass is 208 g/mol. The number of hydrogen-bond acceptors (Lipinski definition) is 4. The van der Waals surface area contributed by atoms with Crippen molar-refractivity contribution < 1.29 is 4.79 Å². The smallest absolute Gasteiger partial charge is 0.233 e. The van der Waals surface area contributed by atoms with Crippen LogP contribution in [0.5, 0.6) is 0 Å². The van der Waals surface area contributed by atoms with Crippen LogP contribution in [0, 0.1) is 0 Å². The topological polar surface area (TPSA) is 41.1 Å². The van der Waals surface area contributed by atoms with E-state index in [0.717, 1.165) is 5.75 Å². The minimum Gasteiger partial charge on any atom is -0.354 e. The first-order chi connectivity index (χ1) is 5.70. The number of amides is 1. The molecule has 0 heterocycles. The van der Waals surface area contributed by atoms with Crippen molar-refractivity contribution in [2.45, 2.75) is 13.0 Å². The number of carbonyl (C=O) groups excluding carboxylic acids is 1. The molecule has 0 spiro atoms. The van der Waals surface area contributed by atoms with Crippen LogP contribution < -0.4 is 10.6 Å². The minimum atomic E-state index is 0.0117. The minimum absolute atomic E-state index is 0.0117. The lowest BCUT2D eigenvalue weighted by Gasteiger charge is -2.10. The highest BCUT2D eigenvalue weighted by atomic mass is 32.1. The van der Waals surface area contributed by atoms with Crippen molar-refractivity contribution in [1.29, 1.82) is 0 Å². The van der Waals surface area contributed by atoms with Gasteiger partial charge in [0.1, 0.15) is 0 Å². The maximum absolute atomic E-state index is 11.0. The van der Waals surface area contributed by atoms with Crippen molar-refractivity contribution in [3.05, 3.63) is 0 Å². The molecule has 0 aromatic rings. The molecule has 5 heteroatoms. The molecule has 1 amide bonds. The molecule has 0 saturated heterocycles. The predicted molar refractivity (Wildman–Crippen MR) is 58.2 cm³/mol. The third-order valence-corrected chi connectivity index (χ3v) is 2.09. The summed E-state index contributed by atoms with van der Waals surface area (Å²) in [5.74, 6) is 1.42. The Morgan fingerprint density at radius 1 is 1.50 bits per heavy atom. The molecule has 0 aromatic carbocycles. The summed E-state index contributed by atoms with van der Waals surface area (Å²) in [6, 6.07) is 0.273. The summed E-state index contributed by atoms with van der Waals surface area (Å²) in [6.07, 6.45) is 0. The lowest BCUT2D eigenvalue weighted by atomic mass is 10.4. The number of nitrogens with one attached hydrogen (secondary N) is 2. The first kappa shape index (κ1) is 12.1. The summed E-state index contributed by atoms with van der Waals surface area (Å²) in [6.45, 7) is 2.97. The van der Waals surface area contributed by atoms with Crippen LogP contribution in [-0.4, -0.2) is 36.5 Å². The third kappa shape index (κ3) is 6.82. The summed E-state index contributed by atoms with van der Waals surface area (Å²) in [4.78, 5) is 11.0. The van der Waals surface area contributed by atoms with Gasteiger partial charge >= 0.3 is 0 Å². The van der Waals surface area contributed by atoms with Gasteiger partial charge in [0.25, 0.3) is 0 Å². The Labute approximate surface area is 84.5 Å². The van der Waals surface area contributed by atoms with Crippen LogP contribution in [0.1, 0.15) is 6.92 Å². The van der Waals surface area contributed by atoms with E-state index in [9.17, 15) is 4.79 Å². The van der Waals surface area contributed by atoms with Crippen LogP contribution in [0.25, 0.3) is 0 Å². The fourth-order valence-electron chi connectivity index (χ4n) is 0.589. The lowest BCUT2D eigenvalue weighted by Crippen LogP contribution is -2.39. The first-order valence-electron chi connectivity index (χ1n) is 3.92. The van der Waals surface area contributed by atoms with Gasteiger partial charge in [-0.2, -0.15) is 25.3 Å². The summed E-state index contributed by atoms with van der Waals surface area (Å²) >= 11 is 8.06. The Bertz CT molecular complexity index is 133. The maximum atomic E-state index is 11.0. The molecule has 72 valence electrons. The van der Waals surface area contributed by atoms with Gasteiger partial charge in [-0.15, -0.1) is 0 Å². The fraction of sp³-hybridized carbons (Fsp3) is 0.857. The third-order valence-electron chi connectivity index (χ3n) is 1.32. The average molecular weight is 208 g/mol. The zero-order valence-corrected chi connectivity index (χ0v) is 9.00. The molecule has 3 nitrogen and oxygen atoms in total. The van der Waals surface area contributed by atoms with E-state index >= 15 is 0 Å². The van der Waals surface area contributed by atoms with Crippen LogP contribution >= 0.6 is 25.3 Å². The van der Waals surface area contributed by atoms with Crippen LogP contribution in [-0.2, 0) is 4.79 Å². The number of carbonyl (C=O) groups is 1. The molecule has 1 unspecified atom stereocenters. The summed E-state index contributed by atoms with van der Waals surface area (Å²) in [5, 5.41) is 5.74. The number of thiol groups is 2. The largest absolute Gasteiger partial charge is 0.354 e. The molecular weight excluding hydrogens is 192 g/mol. The molecule has 0 aliphatic rings. The van der Waals surface area contributed by atoms with Gasteiger partial charge in [0.05, 0.1) is 6.54 Å². The van der Waals surface area contributed by atoms with Gasteiger partial charge < -0.3 is 10.6 Å². The van der Waals surface area contributed by atoms with Crippen LogP contribution in [0.4, 0.5) is 0 Å². The molecule has 0 radical (unpaired) electrons. The van der Waals surface area contributed by atoms with Crippen molar-refractivity contribution in [3.63, 3.8) is 0 Å². The van der Waals surface area contributed by atoms with Gasteiger partial charge in [-0.3, -0.25) is 4.79 Å². The molecule has 0 aliphatic carbocycles. The first-order valence-corrected chi connectivity index (χ1v) is 5.19. The molecule has 0 fully saturated rings. The highest BCUT2D eigenvalue weighted by Gasteiger charge is 2.02. The van der Waals surface area contributed by atoms with E-state index in [0.29, 0.717) is 18.8 Å². The molecule has 2 N–H and O–H groups in total. The zero-order chi connectivity index (χ0) is 9.40. The number of hydrogen-bond donors (Lipinski definition) is 4. The Kier molecular flexibility index (Phi) is 7.85. The van der Waals surface area contributed by atoms with Gasteiger partial charge in [-0.1, -0.05) is 0 Å². The highest BCUT2D eigenvalue weighted by molar-refractivity contribution is 7.80. The second-order valence-corrected chi connectivity index (χ2v) is 3.35. The van der Waals surface area contributed by atoms with Crippen LogP contribution in [0.3, 0.4) is 0 Å². The molecule has 0 saturated carbocycles. The Morgan fingerprint density at radius 3 is 2.67 bits per heavy atom. The second kappa shape index (κ2) is 7.76.